The molecule has 0 bridgehead atoms. The summed E-state index contributed by atoms with van der Waals surface area (Å²) in [4.78, 5) is 29.0. The number of rotatable bonds is 11. The molecule has 8 heteroatoms. The van der Waals surface area contributed by atoms with Crippen LogP contribution in [-0.4, -0.2) is 40.0 Å². The van der Waals surface area contributed by atoms with Crippen molar-refractivity contribution in [2.75, 3.05) is 0 Å². The first kappa shape index (κ1) is 24.5. The van der Waals surface area contributed by atoms with Crippen LogP contribution in [0.4, 0.5) is 0 Å². The van der Waals surface area contributed by atoms with Crippen LogP contribution in [-0.2, 0) is 27.4 Å². The van der Waals surface area contributed by atoms with Crippen molar-refractivity contribution in [1.29, 1.82) is 0 Å². The number of ether oxygens (including phenoxy) is 1. The molecule has 1 amide bonds. The fourth-order valence-corrected chi connectivity index (χ4v) is 3.89. The fraction of sp³-hybridized carbons (Fsp3) is 0.360. The number of nitrogens with one attached hydrogen (secondary N) is 2. The lowest BCUT2D eigenvalue weighted by Crippen LogP contribution is -2.49. The summed E-state index contributed by atoms with van der Waals surface area (Å²) >= 11 is 0. The average Bonchev–Trinajstić information content (AvgIpc) is 3.20. The maximum Gasteiger partial charge on any atom is 0.475 e. The van der Waals surface area contributed by atoms with E-state index in [9.17, 15) is 19.6 Å². The Hall–Kier alpha value is -3.10. The monoisotopic (exact) mass is 450 g/mol. The lowest BCUT2D eigenvalue weighted by Gasteiger charge is -2.23. The Morgan fingerprint density at radius 2 is 1.76 bits per heavy atom. The predicted molar refractivity (Wildman–Crippen MR) is 128 cm³/mol. The number of amides is 1. The molecule has 4 N–H and O–H groups in total. The Kier molecular flexibility index (Phi) is 8.68. The smallest absolute Gasteiger partial charge is 0.461 e. The molecular weight excluding hydrogens is 419 g/mol. The van der Waals surface area contributed by atoms with E-state index in [2.05, 4.69) is 10.3 Å². The quantitative estimate of drug-likeness (QED) is 0.265. The minimum Gasteiger partial charge on any atom is -0.461 e. The van der Waals surface area contributed by atoms with Gasteiger partial charge < -0.3 is 25.1 Å². The Balaban J connectivity index is 1.74. The van der Waals surface area contributed by atoms with E-state index in [0.29, 0.717) is 12.8 Å². The SMILES string of the molecule is CC(C)C[C@H](NC(=O)[C@@H](CC(=O)OCc1ccccc1)Cc1c[nH]c2ccccc12)B(O)O. The van der Waals surface area contributed by atoms with Gasteiger partial charge in [0.1, 0.15) is 6.61 Å². The summed E-state index contributed by atoms with van der Waals surface area (Å²) in [6.07, 6.45) is 2.44. The Morgan fingerprint density at radius 3 is 2.45 bits per heavy atom. The molecular formula is C25H31BN2O5. The van der Waals surface area contributed by atoms with E-state index in [0.717, 1.165) is 22.0 Å². The van der Waals surface area contributed by atoms with Crippen LogP contribution in [0.5, 0.6) is 0 Å². The Labute approximate surface area is 194 Å². The van der Waals surface area contributed by atoms with Gasteiger partial charge in [-0.05, 0) is 36.0 Å². The number of hydrogen-bond acceptors (Lipinski definition) is 5. The minimum atomic E-state index is -1.69. The van der Waals surface area contributed by atoms with E-state index < -0.39 is 30.9 Å². The van der Waals surface area contributed by atoms with E-state index in [4.69, 9.17) is 4.74 Å². The number of esters is 1. The third kappa shape index (κ3) is 7.20. The van der Waals surface area contributed by atoms with Crippen LogP contribution in [0.2, 0.25) is 0 Å². The molecule has 1 aromatic heterocycles. The first-order chi connectivity index (χ1) is 15.8. The number of aromatic nitrogens is 1. The number of carbonyl (C=O) groups is 2. The average molecular weight is 450 g/mol. The molecule has 0 aliphatic carbocycles. The summed E-state index contributed by atoms with van der Waals surface area (Å²) in [5.41, 5.74) is 2.72. The van der Waals surface area contributed by atoms with Gasteiger partial charge in [0.2, 0.25) is 5.91 Å². The van der Waals surface area contributed by atoms with Crippen molar-refractivity contribution in [3.63, 3.8) is 0 Å². The second-order valence-corrected chi connectivity index (χ2v) is 8.77. The van der Waals surface area contributed by atoms with Crippen LogP contribution in [0.1, 0.15) is 37.8 Å². The van der Waals surface area contributed by atoms with Crippen LogP contribution >= 0.6 is 0 Å². The van der Waals surface area contributed by atoms with Crippen molar-refractivity contribution in [2.45, 2.75) is 45.7 Å². The zero-order chi connectivity index (χ0) is 23.8. The number of fused-ring (bicyclic) bond motifs is 1. The Bertz CT molecular complexity index is 1050. The van der Waals surface area contributed by atoms with Crippen molar-refractivity contribution < 1.29 is 24.4 Å². The molecule has 0 fully saturated rings. The summed E-state index contributed by atoms with van der Waals surface area (Å²) in [5, 5.41) is 23.2. The van der Waals surface area contributed by atoms with Crippen molar-refractivity contribution in [3.05, 3.63) is 71.9 Å². The highest BCUT2D eigenvalue weighted by atomic mass is 16.5. The van der Waals surface area contributed by atoms with Gasteiger partial charge in [-0.1, -0.05) is 62.4 Å². The maximum absolute atomic E-state index is 13.2. The van der Waals surface area contributed by atoms with Crippen LogP contribution in [0, 0.1) is 11.8 Å². The van der Waals surface area contributed by atoms with Gasteiger partial charge in [-0.2, -0.15) is 0 Å². The van der Waals surface area contributed by atoms with Gasteiger partial charge >= 0.3 is 13.1 Å². The van der Waals surface area contributed by atoms with E-state index in [1.807, 2.05) is 74.6 Å². The highest BCUT2D eigenvalue weighted by molar-refractivity contribution is 6.43. The highest BCUT2D eigenvalue weighted by Crippen LogP contribution is 2.23. The molecule has 0 saturated carbocycles. The van der Waals surface area contributed by atoms with Crippen LogP contribution in [0.3, 0.4) is 0 Å². The lowest BCUT2D eigenvalue weighted by molar-refractivity contribution is -0.148. The van der Waals surface area contributed by atoms with Crippen LogP contribution < -0.4 is 5.32 Å². The van der Waals surface area contributed by atoms with Gasteiger partial charge in [-0.25, -0.2) is 0 Å². The number of H-pyrrole nitrogens is 1. The number of para-hydroxylation sites is 1. The molecule has 33 heavy (non-hydrogen) atoms. The summed E-state index contributed by atoms with van der Waals surface area (Å²) in [7, 11) is -1.69. The molecule has 2 atom stereocenters. The molecule has 174 valence electrons. The predicted octanol–water partition coefficient (Wildman–Crippen LogP) is 3.00. The van der Waals surface area contributed by atoms with Gasteiger partial charge in [0.25, 0.3) is 0 Å². The molecule has 0 aliphatic heterocycles. The van der Waals surface area contributed by atoms with E-state index in [1.54, 1.807) is 0 Å². The van der Waals surface area contributed by atoms with Gasteiger partial charge in [-0.15, -0.1) is 0 Å². The molecule has 3 aromatic rings. The molecule has 3 rings (SSSR count). The summed E-state index contributed by atoms with van der Waals surface area (Å²) in [6.45, 7) is 4.00. The van der Waals surface area contributed by atoms with Crippen molar-refractivity contribution >= 4 is 29.9 Å². The van der Waals surface area contributed by atoms with Crippen molar-refractivity contribution in [3.8, 4) is 0 Å². The topological polar surface area (TPSA) is 112 Å². The largest absolute Gasteiger partial charge is 0.475 e. The van der Waals surface area contributed by atoms with Crippen molar-refractivity contribution in [1.82, 2.24) is 10.3 Å². The summed E-state index contributed by atoms with van der Waals surface area (Å²) in [6, 6.07) is 17.1. The van der Waals surface area contributed by atoms with E-state index in [-0.39, 0.29) is 18.9 Å². The zero-order valence-electron chi connectivity index (χ0n) is 19.0. The lowest BCUT2D eigenvalue weighted by atomic mass is 9.74. The normalized spacial score (nSPS) is 13.0. The van der Waals surface area contributed by atoms with Gasteiger partial charge in [0.05, 0.1) is 18.3 Å². The third-order valence-electron chi connectivity index (χ3n) is 5.58. The maximum atomic E-state index is 13.2. The second-order valence-electron chi connectivity index (χ2n) is 8.77. The highest BCUT2D eigenvalue weighted by Gasteiger charge is 2.31. The zero-order valence-corrected chi connectivity index (χ0v) is 19.0. The first-order valence-electron chi connectivity index (χ1n) is 11.2. The molecule has 7 nitrogen and oxygen atoms in total. The molecule has 2 aromatic carbocycles. The minimum absolute atomic E-state index is 0.117. The number of hydrogen-bond donors (Lipinski definition) is 4. The number of aromatic amines is 1. The third-order valence-corrected chi connectivity index (χ3v) is 5.58. The molecule has 0 radical (unpaired) electrons. The second kappa shape index (κ2) is 11.7. The first-order valence-corrected chi connectivity index (χ1v) is 11.2. The van der Waals surface area contributed by atoms with Crippen molar-refractivity contribution in [2.24, 2.45) is 11.8 Å². The summed E-state index contributed by atoms with van der Waals surface area (Å²) in [5.74, 6) is -2.27. The Morgan fingerprint density at radius 1 is 1.06 bits per heavy atom. The van der Waals surface area contributed by atoms with Crippen LogP contribution in [0.15, 0.2) is 60.8 Å². The van der Waals surface area contributed by atoms with E-state index in [1.165, 1.54) is 0 Å². The number of benzene rings is 2. The molecule has 1 heterocycles. The molecule has 0 aliphatic rings. The van der Waals surface area contributed by atoms with Crippen LogP contribution in [0.25, 0.3) is 10.9 Å². The van der Waals surface area contributed by atoms with Gasteiger partial charge in [0.15, 0.2) is 0 Å². The fourth-order valence-electron chi connectivity index (χ4n) is 3.89. The summed E-state index contributed by atoms with van der Waals surface area (Å²) < 4.78 is 5.41. The molecule has 0 unspecified atom stereocenters. The molecule has 0 spiro atoms. The van der Waals surface area contributed by atoms with Gasteiger partial charge in [0, 0.05) is 17.1 Å². The van der Waals surface area contributed by atoms with E-state index >= 15 is 0 Å². The molecule has 0 saturated heterocycles. The van der Waals surface area contributed by atoms with Gasteiger partial charge in [-0.3, -0.25) is 9.59 Å². The standard InChI is InChI=1S/C25H31BN2O5/c1-17(2)12-23(26(31)32)28-25(30)19(13-20-15-27-22-11-7-6-10-21(20)22)14-24(29)33-16-18-8-4-3-5-9-18/h3-11,15,17,19,23,27,31-32H,12-14,16H2,1-2H3,(H,28,30)/t19-,23+/m1/s1. The number of carbonyl (C=O) groups excluding carboxylic acids is 2.